The first-order valence-corrected chi connectivity index (χ1v) is 5.20. The molecule has 2 heteroatoms. The summed E-state index contributed by atoms with van der Waals surface area (Å²) in [5.41, 5.74) is 1.07. The van der Waals surface area contributed by atoms with Gasteiger partial charge >= 0.3 is 0 Å². The highest BCUT2D eigenvalue weighted by Crippen LogP contribution is 2.30. The number of rotatable bonds is 2. The molecule has 1 aromatic carbocycles. The molecule has 0 N–H and O–H groups in total. The Morgan fingerprint density at radius 2 is 2.14 bits per heavy atom. The van der Waals surface area contributed by atoms with E-state index >= 15 is 0 Å². The molecule has 1 aromatic heterocycles. The van der Waals surface area contributed by atoms with Crippen molar-refractivity contribution in [2.45, 2.75) is 6.92 Å². The number of carbonyl (C=O) groups is 1. The third-order valence-corrected chi connectivity index (χ3v) is 3.54. The number of hydrogen-bond donors (Lipinski definition) is 0. The number of benzene rings is 1. The van der Waals surface area contributed by atoms with Crippen molar-refractivity contribution in [3.8, 4) is 0 Å². The van der Waals surface area contributed by atoms with Gasteiger partial charge in [-0.3, -0.25) is 4.79 Å². The molecule has 0 atom stereocenters. The van der Waals surface area contributed by atoms with Crippen LogP contribution in [0.25, 0.3) is 10.1 Å². The molecule has 14 heavy (non-hydrogen) atoms. The first-order chi connectivity index (χ1) is 6.74. The van der Waals surface area contributed by atoms with Gasteiger partial charge in [-0.1, -0.05) is 24.8 Å². The first kappa shape index (κ1) is 9.16. The number of fused-ring (bicyclic) bond motifs is 1. The van der Waals surface area contributed by atoms with Crippen LogP contribution in [0, 0.1) is 6.92 Å². The molecule has 0 fully saturated rings. The van der Waals surface area contributed by atoms with Gasteiger partial charge in [0.05, 0.1) is 4.88 Å². The predicted octanol–water partition coefficient (Wildman–Crippen LogP) is 3.58. The summed E-state index contributed by atoms with van der Waals surface area (Å²) in [7, 11) is 0. The van der Waals surface area contributed by atoms with Crippen molar-refractivity contribution in [2.75, 3.05) is 0 Å². The van der Waals surface area contributed by atoms with E-state index in [1.54, 1.807) is 0 Å². The third-order valence-electron chi connectivity index (χ3n) is 2.25. The molecule has 0 unspecified atom stereocenters. The van der Waals surface area contributed by atoms with Crippen molar-refractivity contribution >= 4 is 27.2 Å². The lowest BCUT2D eigenvalue weighted by Crippen LogP contribution is -1.90. The van der Waals surface area contributed by atoms with Crippen LogP contribution in [-0.2, 0) is 0 Å². The van der Waals surface area contributed by atoms with Crippen molar-refractivity contribution in [1.29, 1.82) is 0 Å². The second kappa shape index (κ2) is 3.39. The zero-order valence-corrected chi connectivity index (χ0v) is 8.73. The molecule has 0 saturated carbocycles. The summed E-state index contributed by atoms with van der Waals surface area (Å²) >= 11 is 1.54. The van der Waals surface area contributed by atoms with Gasteiger partial charge in [0.15, 0.2) is 5.78 Å². The van der Waals surface area contributed by atoms with Crippen molar-refractivity contribution < 1.29 is 4.79 Å². The van der Waals surface area contributed by atoms with Gasteiger partial charge in [0, 0.05) is 4.70 Å². The minimum Gasteiger partial charge on any atom is -0.288 e. The highest BCUT2D eigenvalue weighted by molar-refractivity contribution is 7.21. The Morgan fingerprint density at radius 1 is 1.43 bits per heavy atom. The molecule has 0 bridgehead atoms. The van der Waals surface area contributed by atoms with Crippen molar-refractivity contribution in [3.63, 3.8) is 0 Å². The maximum atomic E-state index is 11.5. The normalized spacial score (nSPS) is 10.4. The van der Waals surface area contributed by atoms with Crippen LogP contribution in [0.2, 0.25) is 0 Å². The fourth-order valence-corrected chi connectivity index (χ4v) is 2.65. The van der Waals surface area contributed by atoms with Gasteiger partial charge in [0.1, 0.15) is 0 Å². The second-order valence-corrected chi connectivity index (χ2v) is 4.17. The van der Waals surface area contributed by atoms with E-state index < -0.39 is 0 Å². The highest BCUT2D eigenvalue weighted by atomic mass is 32.1. The van der Waals surface area contributed by atoms with Gasteiger partial charge in [-0.05, 0) is 30.0 Å². The Hall–Kier alpha value is -1.41. The minimum absolute atomic E-state index is 0.0173. The van der Waals surface area contributed by atoms with E-state index in [0.29, 0.717) is 0 Å². The maximum Gasteiger partial charge on any atom is 0.195 e. The summed E-state index contributed by atoms with van der Waals surface area (Å²) in [6.07, 6.45) is 1.37. The Morgan fingerprint density at radius 3 is 2.79 bits per heavy atom. The number of ketones is 1. The molecular weight excluding hydrogens is 192 g/mol. The summed E-state index contributed by atoms with van der Waals surface area (Å²) in [5.74, 6) is 0.0173. The zero-order valence-electron chi connectivity index (χ0n) is 7.91. The highest BCUT2D eigenvalue weighted by Gasteiger charge is 2.11. The first-order valence-electron chi connectivity index (χ1n) is 4.39. The summed E-state index contributed by atoms with van der Waals surface area (Å²) < 4.78 is 1.16. The average molecular weight is 202 g/mol. The van der Waals surface area contributed by atoms with Crippen molar-refractivity contribution in [2.24, 2.45) is 0 Å². The summed E-state index contributed by atoms with van der Waals surface area (Å²) in [5, 5.41) is 1.17. The van der Waals surface area contributed by atoms with E-state index in [2.05, 4.69) is 6.58 Å². The number of carbonyl (C=O) groups excluding carboxylic acids is 1. The molecule has 0 spiro atoms. The molecule has 70 valence electrons. The second-order valence-electron chi connectivity index (χ2n) is 3.12. The number of allylic oxidation sites excluding steroid dienone is 1. The van der Waals surface area contributed by atoms with E-state index in [4.69, 9.17) is 0 Å². The topological polar surface area (TPSA) is 17.1 Å². The van der Waals surface area contributed by atoms with Crippen LogP contribution in [0.5, 0.6) is 0 Å². The molecule has 0 radical (unpaired) electrons. The molecule has 0 amide bonds. The lowest BCUT2D eigenvalue weighted by Gasteiger charge is -1.91. The van der Waals surface area contributed by atoms with Crippen LogP contribution in [0.4, 0.5) is 0 Å². The van der Waals surface area contributed by atoms with Gasteiger partial charge in [-0.25, -0.2) is 0 Å². The average Bonchev–Trinajstić information content (AvgIpc) is 2.56. The van der Waals surface area contributed by atoms with Gasteiger partial charge in [0.25, 0.3) is 0 Å². The smallest absolute Gasteiger partial charge is 0.195 e. The fourth-order valence-electron chi connectivity index (χ4n) is 1.50. The van der Waals surface area contributed by atoms with Crippen LogP contribution in [0.1, 0.15) is 15.2 Å². The summed E-state index contributed by atoms with van der Waals surface area (Å²) in [4.78, 5) is 12.3. The lowest BCUT2D eigenvalue weighted by atomic mass is 10.1. The number of hydrogen-bond acceptors (Lipinski definition) is 2. The third kappa shape index (κ3) is 1.28. The Balaban J connectivity index is 2.74. The van der Waals surface area contributed by atoms with Crippen LogP contribution in [0.3, 0.4) is 0 Å². The Bertz CT molecular complexity index is 508. The Kier molecular flexibility index (Phi) is 2.22. The van der Waals surface area contributed by atoms with Gasteiger partial charge < -0.3 is 0 Å². The van der Waals surface area contributed by atoms with E-state index in [-0.39, 0.29) is 5.78 Å². The Labute approximate surface area is 86.7 Å². The van der Waals surface area contributed by atoms with E-state index in [1.807, 2.05) is 31.2 Å². The molecular formula is C12H10OS. The predicted molar refractivity (Wildman–Crippen MR) is 61.1 cm³/mol. The zero-order chi connectivity index (χ0) is 10.1. The maximum absolute atomic E-state index is 11.5. The lowest BCUT2D eigenvalue weighted by molar-refractivity contribution is 0.105. The number of aryl methyl sites for hydroxylation is 1. The molecule has 0 saturated heterocycles. The van der Waals surface area contributed by atoms with Crippen LogP contribution < -0.4 is 0 Å². The van der Waals surface area contributed by atoms with Gasteiger partial charge in [0.2, 0.25) is 0 Å². The molecule has 0 aliphatic heterocycles. The standard InChI is InChI=1S/C12H10OS/c1-3-10(13)12-8(2)9-6-4-5-7-11(9)14-12/h3-7H,1H2,2H3. The van der Waals surface area contributed by atoms with E-state index in [9.17, 15) is 4.79 Å². The van der Waals surface area contributed by atoms with Crippen LogP contribution in [0.15, 0.2) is 36.9 Å². The monoisotopic (exact) mass is 202 g/mol. The van der Waals surface area contributed by atoms with E-state index in [0.717, 1.165) is 15.1 Å². The molecule has 2 rings (SSSR count). The molecule has 2 aromatic rings. The summed E-state index contributed by atoms with van der Waals surface area (Å²) in [6, 6.07) is 8.05. The molecule has 0 aliphatic carbocycles. The quantitative estimate of drug-likeness (QED) is 0.537. The van der Waals surface area contributed by atoms with Gasteiger partial charge in [-0.2, -0.15) is 0 Å². The summed E-state index contributed by atoms with van der Waals surface area (Å²) in [6.45, 7) is 5.49. The van der Waals surface area contributed by atoms with Gasteiger partial charge in [-0.15, -0.1) is 11.3 Å². The minimum atomic E-state index is 0.0173. The fraction of sp³-hybridized carbons (Fsp3) is 0.0833. The largest absolute Gasteiger partial charge is 0.288 e. The number of thiophene rings is 1. The van der Waals surface area contributed by atoms with E-state index in [1.165, 1.54) is 22.8 Å². The molecule has 1 heterocycles. The SMILES string of the molecule is C=CC(=O)c1sc2ccccc2c1C. The van der Waals surface area contributed by atoms with Crippen molar-refractivity contribution in [3.05, 3.63) is 47.4 Å². The molecule has 0 aliphatic rings. The molecule has 1 nitrogen and oxygen atoms in total. The van der Waals surface area contributed by atoms with Crippen LogP contribution in [-0.4, -0.2) is 5.78 Å². The van der Waals surface area contributed by atoms with Crippen molar-refractivity contribution in [1.82, 2.24) is 0 Å². The van der Waals surface area contributed by atoms with Crippen LogP contribution >= 0.6 is 11.3 Å².